The van der Waals surface area contributed by atoms with Gasteiger partial charge in [0.05, 0.1) is 12.8 Å². The standard InChI is InChI=1S/C13H16N2OS/c1-3-11-13(15-12(8-14)17-11)9-6-4-5-7-10(9)16-2/h4-7H,3,8,14H2,1-2H3. The van der Waals surface area contributed by atoms with Crippen LogP contribution in [-0.2, 0) is 13.0 Å². The van der Waals surface area contributed by atoms with Crippen LogP contribution >= 0.6 is 11.3 Å². The minimum absolute atomic E-state index is 0.493. The number of aryl methyl sites for hydroxylation is 1. The molecule has 0 aliphatic heterocycles. The monoisotopic (exact) mass is 248 g/mol. The van der Waals surface area contributed by atoms with Crippen LogP contribution in [0.1, 0.15) is 16.8 Å². The summed E-state index contributed by atoms with van der Waals surface area (Å²) in [5.41, 5.74) is 7.71. The van der Waals surface area contributed by atoms with Gasteiger partial charge in [-0.05, 0) is 18.6 Å². The van der Waals surface area contributed by atoms with Gasteiger partial charge in [-0.2, -0.15) is 0 Å². The number of thiazole rings is 1. The molecule has 17 heavy (non-hydrogen) atoms. The summed E-state index contributed by atoms with van der Waals surface area (Å²) in [5, 5.41) is 0.975. The molecule has 2 N–H and O–H groups in total. The predicted molar refractivity (Wildman–Crippen MR) is 71.4 cm³/mol. The number of methoxy groups -OCH3 is 1. The third-order valence-corrected chi connectivity index (χ3v) is 3.82. The zero-order valence-electron chi connectivity index (χ0n) is 10.1. The van der Waals surface area contributed by atoms with Crippen molar-refractivity contribution >= 4 is 11.3 Å². The highest BCUT2D eigenvalue weighted by Gasteiger charge is 2.14. The molecule has 0 unspecified atom stereocenters. The van der Waals surface area contributed by atoms with Crippen LogP contribution < -0.4 is 10.5 Å². The number of rotatable bonds is 4. The highest BCUT2D eigenvalue weighted by Crippen LogP contribution is 2.34. The van der Waals surface area contributed by atoms with E-state index in [9.17, 15) is 0 Å². The van der Waals surface area contributed by atoms with Gasteiger partial charge in [0, 0.05) is 17.0 Å². The van der Waals surface area contributed by atoms with Gasteiger partial charge in [0.15, 0.2) is 0 Å². The van der Waals surface area contributed by atoms with Gasteiger partial charge < -0.3 is 10.5 Å². The second kappa shape index (κ2) is 5.29. The van der Waals surface area contributed by atoms with Crippen LogP contribution in [0.2, 0.25) is 0 Å². The molecule has 1 aromatic carbocycles. The van der Waals surface area contributed by atoms with Gasteiger partial charge in [-0.3, -0.25) is 0 Å². The largest absolute Gasteiger partial charge is 0.496 e. The van der Waals surface area contributed by atoms with Crippen molar-refractivity contribution in [3.05, 3.63) is 34.2 Å². The van der Waals surface area contributed by atoms with Crippen LogP contribution in [0.5, 0.6) is 5.75 Å². The molecular formula is C13H16N2OS. The Morgan fingerprint density at radius 2 is 2.12 bits per heavy atom. The Hall–Kier alpha value is -1.39. The average molecular weight is 248 g/mol. The Bertz CT molecular complexity index is 508. The molecule has 2 rings (SSSR count). The molecule has 0 aliphatic rings. The second-order valence-corrected chi connectivity index (χ2v) is 4.81. The number of hydrogen-bond acceptors (Lipinski definition) is 4. The van der Waals surface area contributed by atoms with Crippen LogP contribution in [0, 0.1) is 0 Å². The molecule has 0 atom stereocenters. The van der Waals surface area contributed by atoms with E-state index in [0.717, 1.165) is 28.4 Å². The first-order chi connectivity index (χ1) is 8.30. The fourth-order valence-corrected chi connectivity index (χ4v) is 2.68. The van der Waals surface area contributed by atoms with Crippen molar-refractivity contribution in [1.29, 1.82) is 0 Å². The fraction of sp³-hybridized carbons (Fsp3) is 0.308. The summed E-state index contributed by atoms with van der Waals surface area (Å²) in [6.45, 7) is 2.62. The van der Waals surface area contributed by atoms with Gasteiger partial charge in [0.25, 0.3) is 0 Å². The number of nitrogens with two attached hydrogens (primary N) is 1. The maximum atomic E-state index is 5.65. The molecule has 0 radical (unpaired) electrons. The summed E-state index contributed by atoms with van der Waals surface area (Å²) < 4.78 is 5.38. The van der Waals surface area contributed by atoms with E-state index in [1.807, 2.05) is 24.3 Å². The molecule has 0 saturated carbocycles. The lowest BCUT2D eigenvalue weighted by Crippen LogP contribution is -1.95. The summed E-state index contributed by atoms with van der Waals surface area (Å²) in [4.78, 5) is 5.85. The number of para-hydroxylation sites is 1. The van der Waals surface area contributed by atoms with Crippen molar-refractivity contribution in [2.45, 2.75) is 19.9 Å². The first kappa shape index (κ1) is 12.1. The molecule has 0 spiro atoms. The van der Waals surface area contributed by atoms with Gasteiger partial charge in [-0.25, -0.2) is 4.98 Å². The van der Waals surface area contributed by atoms with Crippen molar-refractivity contribution in [3.8, 4) is 17.0 Å². The molecule has 0 fully saturated rings. The van der Waals surface area contributed by atoms with Crippen LogP contribution in [0.3, 0.4) is 0 Å². The Kier molecular flexibility index (Phi) is 3.76. The lowest BCUT2D eigenvalue weighted by Gasteiger charge is -2.06. The molecule has 4 heteroatoms. The van der Waals surface area contributed by atoms with Crippen LogP contribution in [0.4, 0.5) is 0 Å². The maximum absolute atomic E-state index is 5.65. The highest BCUT2D eigenvalue weighted by atomic mass is 32.1. The van der Waals surface area contributed by atoms with Crippen molar-refractivity contribution < 1.29 is 4.74 Å². The smallest absolute Gasteiger partial charge is 0.128 e. The van der Waals surface area contributed by atoms with Crippen molar-refractivity contribution in [2.24, 2.45) is 5.73 Å². The van der Waals surface area contributed by atoms with Crippen LogP contribution in [-0.4, -0.2) is 12.1 Å². The molecule has 3 nitrogen and oxygen atoms in total. The van der Waals surface area contributed by atoms with Gasteiger partial charge in [0.2, 0.25) is 0 Å². The van der Waals surface area contributed by atoms with Crippen molar-refractivity contribution in [2.75, 3.05) is 7.11 Å². The molecule has 0 saturated heterocycles. The molecule has 0 bridgehead atoms. The first-order valence-electron chi connectivity index (χ1n) is 5.62. The van der Waals surface area contributed by atoms with Crippen molar-refractivity contribution in [1.82, 2.24) is 4.98 Å². The topological polar surface area (TPSA) is 48.1 Å². The van der Waals surface area contributed by atoms with E-state index < -0.39 is 0 Å². The molecule has 1 aromatic heterocycles. The van der Waals surface area contributed by atoms with E-state index in [1.54, 1.807) is 18.4 Å². The highest BCUT2D eigenvalue weighted by molar-refractivity contribution is 7.12. The van der Waals surface area contributed by atoms with Crippen molar-refractivity contribution in [3.63, 3.8) is 0 Å². The number of nitrogens with zero attached hydrogens (tertiary/aromatic N) is 1. The Labute approximate surface area is 105 Å². The summed E-state index contributed by atoms with van der Waals surface area (Å²) in [5.74, 6) is 0.857. The zero-order chi connectivity index (χ0) is 12.3. The third-order valence-electron chi connectivity index (χ3n) is 2.60. The molecule has 90 valence electrons. The summed E-state index contributed by atoms with van der Waals surface area (Å²) >= 11 is 1.68. The van der Waals surface area contributed by atoms with E-state index in [2.05, 4.69) is 11.9 Å². The average Bonchev–Trinajstić information content (AvgIpc) is 2.81. The minimum atomic E-state index is 0.493. The summed E-state index contributed by atoms with van der Waals surface area (Å²) in [7, 11) is 1.68. The van der Waals surface area contributed by atoms with Crippen LogP contribution in [0.15, 0.2) is 24.3 Å². The number of aromatic nitrogens is 1. The van der Waals surface area contributed by atoms with Gasteiger partial charge in [0.1, 0.15) is 10.8 Å². The maximum Gasteiger partial charge on any atom is 0.128 e. The van der Waals surface area contributed by atoms with Crippen LogP contribution in [0.25, 0.3) is 11.3 Å². The lowest BCUT2D eigenvalue weighted by atomic mass is 10.1. The number of benzene rings is 1. The van der Waals surface area contributed by atoms with E-state index >= 15 is 0 Å². The normalized spacial score (nSPS) is 10.5. The quantitative estimate of drug-likeness (QED) is 0.905. The Balaban J connectivity index is 2.54. The van der Waals surface area contributed by atoms with E-state index in [0.29, 0.717) is 6.54 Å². The number of hydrogen-bond donors (Lipinski definition) is 1. The van der Waals surface area contributed by atoms with E-state index in [1.165, 1.54) is 4.88 Å². The molecule has 0 amide bonds. The first-order valence-corrected chi connectivity index (χ1v) is 6.43. The molecule has 0 aliphatic carbocycles. The second-order valence-electron chi connectivity index (χ2n) is 3.64. The zero-order valence-corrected chi connectivity index (χ0v) is 10.9. The van der Waals surface area contributed by atoms with E-state index in [4.69, 9.17) is 10.5 Å². The molecule has 1 heterocycles. The Morgan fingerprint density at radius 3 is 2.76 bits per heavy atom. The minimum Gasteiger partial charge on any atom is -0.496 e. The van der Waals surface area contributed by atoms with Gasteiger partial charge >= 0.3 is 0 Å². The number of ether oxygens (including phenoxy) is 1. The SMILES string of the molecule is CCc1sc(CN)nc1-c1ccccc1OC. The molecule has 2 aromatic rings. The third kappa shape index (κ3) is 2.33. The summed E-state index contributed by atoms with van der Waals surface area (Å²) in [6.07, 6.45) is 0.963. The predicted octanol–water partition coefficient (Wildman–Crippen LogP) is 2.84. The lowest BCUT2D eigenvalue weighted by molar-refractivity contribution is 0.416. The Morgan fingerprint density at radius 1 is 1.35 bits per heavy atom. The van der Waals surface area contributed by atoms with Gasteiger partial charge in [-0.15, -0.1) is 11.3 Å². The molecular weight excluding hydrogens is 232 g/mol. The van der Waals surface area contributed by atoms with Gasteiger partial charge in [-0.1, -0.05) is 19.1 Å². The summed E-state index contributed by atoms with van der Waals surface area (Å²) in [6, 6.07) is 7.95. The van der Waals surface area contributed by atoms with E-state index in [-0.39, 0.29) is 0 Å². The fourth-order valence-electron chi connectivity index (χ4n) is 1.78.